The summed E-state index contributed by atoms with van der Waals surface area (Å²) in [5, 5.41) is 5.98. The zero-order valence-corrected chi connectivity index (χ0v) is 13.9. The van der Waals surface area contributed by atoms with E-state index in [1.54, 1.807) is 0 Å². The summed E-state index contributed by atoms with van der Waals surface area (Å²) in [6, 6.07) is 8.14. The lowest BCUT2D eigenvalue weighted by molar-refractivity contribution is -0.145. The van der Waals surface area contributed by atoms with E-state index in [1.165, 1.54) is 16.9 Å². The number of ether oxygens (including phenoxy) is 1. The quantitative estimate of drug-likeness (QED) is 0.622. The summed E-state index contributed by atoms with van der Waals surface area (Å²) >= 11 is 1.51. The van der Waals surface area contributed by atoms with Gasteiger partial charge in [-0.3, -0.25) is 4.79 Å². The second kappa shape index (κ2) is 7.42. The minimum absolute atomic E-state index is 0.150. The van der Waals surface area contributed by atoms with E-state index < -0.39 is 0 Å². The number of aryl methyl sites for hydroxylation is 1. The number of rotatable bonds is 6. The van der Waals surface area contributed by atoms with Crippen molar-refractivity contribution in [3.63, 3.8) is 0 Å². The molecule has 0 saturated carbocycles. The number of carbonyl (C=O) groups is 1. The molecule has 3 rings (SSSR count). The Bertz CT molecular complexity index is 691. The summed E-state index contributed by atoms with van der Waals surface area (Å²) in [7, 11) is 0. The Balaban J connectivity index is 1.48. The second-order valence-corrected chi connectivity index (χ2v) is 6.62. The van der Waals surface area contributed by atoms with Crippen LogP contribution in [0.1, 0.15) is 30.5 Å². The van der Waals surface area contributed by atoms with E-state index in [1.807, 2.05) is 17.5 Å². The summed E-state index contributed by atoms with van der Waals surface area (Å²) < 4.78 is 5.31. The van der Waals surface area contributed by atoms with Gasteiger partial charge in [-0.25, -0.2) is 4.98 Å². The first-order valence-electron chi connectivity index (χ1n) is 7.79. The van der Waals surface area contributed by atoms with E-state index in [2.05, 4.69) is 41.5 Å². The molecule has 23 heavy (non-hydrogen) atoms. The molecule has 1 aliphatic rings. The van der Waals surface area contributed by atoms with Gasteiger partial charge in [0, 0.05) is 11.1 Å². The lowest BCUT2D eigenvalue weighted by atomic mass is 10.1. The highest BCUT2D eigenvalue weighted by Crippen LogP contribution is 2.23. The maximum absolute atomic E-state index is 11.8. The van der Waals surface area contributed by atoms with Crippen LogP contribution in [0.25, 0.3) is 0 Å². The highest BCUT2D eigenvalue weighted by Gasteiger charge is 2.15. The van der Waals surface area contributed by atoms with Crippen molar-refractivity contribution >= 4 is 28.1 Å². The molecule has 0 fully saturated rings. The van der Waals surface area contributed by atoms with Gasteiger partial charge in [0.05, 0.1) is 12.1 Å². The number of carbonyl (C=O) groups excluding carboxylic acids is 1. The van der Waals surface area contributed by atoms with Crippen LogP contribution in [0.5, 0.6) is 0 Å². The Morgan fingerprint density at radius 3 is 2.96 bits per heavy atom. The Morgan fingerprint density at radius 1 is 1.39 bits per heavy atom. The van der Waals surface area contributed by atoms with Crippen molar-refractivity contribution in [2.75, 3.05) is 5.32 Å². The molecule has 1 aliphatic carbocycles. The normalized spacial score (nSPS) is 16.5. The molecule has 0 amide bonds. The fraction of sp³-hybridized carbons (Fsp3) is 0.333. The fourth-order valence-corrected chi connectivity index (χ4v) is 3.20. The highest BCUT2D eigenvalue weighted by atomic mass is 32.1. The number of thiazole rings is 1. The molecule has 120 valence electrons. The van der Waals surface area contributed by atoms with E-state index in [0.717, 1.165) is 29.4 Å². The third-order valence-electron chi connectivity index (χ3n) is 3.78. The molecule has 2 aromatic rings. The standard InChI is InChI=1S/C18H20N2O2S/c1-13-6-8-15(9-7-13)19-18-20-16(12-23-18)11-22-17(21)10-14-4-2-3-5-14/h2,4,6-9,12,14H,3,5,10-11H2,1H3,(H,19,20)/t14-/m1/s1. The molecule has 4 nitrogen and oxygen atoms in total. The van der Waals surface area contributed by atoms with Crippen LogP contribution in [0.4, 0.5) is 10.8 Å². The van der Waals surface area contributed by atoms with Gasteiger partial charge in [0.25, 0.3) is 0 Å². The molecule has 0 radical (unpaired) electrons. The third kappa shape index (κ3) is 4.66. The molecular formula is C18H20N2O2S. The molecule has 0 saturated heterocycles. The Morgan fingerprint density at radius 2 is 2.22 bits per heavy atom. The van der Waals surface area contributed by atoms with Crippen LogP contribution in [0, 0.1) is 12.8 Å². The molecular weight excluding hydrogens is 308 g/mol. The largest absolute Gasteiger partial charge is 0.459 e. The maximum Gasteiger partial charge on any atom is 0.306 e. The molecule has 1 aromatic heterocycles. The summed E-state index contributed by atoms with van der Waals surface area (Å²) in [5.74, 6) is 0.194. The number of hydrogen-bond acceptors (Lipinski definition) is 5. The number of benzene rings is 1. The van der Waals surface area contributed by atoms with E-state index in [-0.39, 0.29) is 12.6 Å². The first-order valence-corrected chi connectivity index (χ1v) is 8.67. The average molecular weight is 328 g/mol. The van der Waals surface area contributed by atoms with Gasteiger partial charge in [-0.2, -0.15) is 0 Å². The smallest absolute Gasteiger partial charge is 0.306 e. The van der Waals surface area contributed by atoms with Gasteiger partial charge in [-0.05, 0) is 37.8 Å². The predicted molar refractivity (Wildman–Crippen MR) is 92.9 cm³/mol. The predicted octanol–water partition coefficient (Wildman–Crippen LogP) is 4.59. The van der Waals surface area contributed by atoms with Gasteiger partial charge in [-0.1, -0.05) is 29.8 Å². The van der Waals surface area contributed by atoms with Crippen molar-refractivity contribution in [1.82, 2.24) is 4.98 Å². The Hall–Kier alpha value is -2.14. The Kier molecular flexibility index (Phi) is 5.08. The molecule has 1 heterocycles. The number of aromatic nitrogens is 1. The van der Waals surface area contributed by atoms with E-state index >= 15 is 0 Å². The molecule has 5 heteroatoms. The zero-order chi connectivity index (χ0) is 16.1. The fourth-order valence-electron chi connectivity index (χ4n) is 2.48. The van der Waals surface area contributed by atoms with Crippen molar-refractivity contribution in [3.8, 4) is 0 Å². The van der Waals surface area contributed by atoms with Crippen LogP contribution in [0.15, 0.2) is 41.8 Å². The van der Waals surface area contributed by atoms with E-state index in [9.17, 15) is 4.79 Å². The minimum Gasteiger partial charge on any atom is -0.459 e. The third-order valence-corrected chi connectivity index (χ3v) is 4.58. The molecule has 0 unspecified atom stereocenters. The van der Waals surface area contributed by atoms with Crippen molar-refractivity contribution in [2.24, 2.45) is 5.92 Å². The van der Waals surface area contributed by atoms with Crippen molar-refractivity contribution in [2.45, 2.75) is 32.8 Å². The van der Waals surface area contributed by atoms with E-state index in [0.29, 0.717) is 12.3 Å². The summed E-state index contributed by atoms with van der Waals surface area (Å²) in [6.07, 6.45) is 6.82. The first-order chi connectivity index (χ1) is 11.2. The lowest BCUT2D eigenvalue weighted by Crippen LogP contribution is -2.09. The second-order valence-electron chi connectivity index (χ2n) is 5.77. The SMILES string of the molecule is Cc1ccc(Nc2nc(COC(=O)C[C@@H]3C=CCC3)cs2)cc1. The number of esters is 1. The molecule has 1 N–H and O–H groups in total. The van der Waals surface area contributed by atoms with Crippen LogP contribution in [0.2, 0.25) is 0 Å². The van der Waals surface area contributed by atoms with Crippen LogP contribution in [-0.2, 0) is 16.1 Å². The van der Waals surface area contributed by atoms with Crippen molar-refractivity contribution < 1.29 is 9.53 Å². The topological polar surface area (TPSA) is 51.2 Å². The van der Waals surface area contributed by atoms with Crippen LogP contribution in [0.3, 0.4) is 0 Å². The summed E-state index contributed by atoms with van der Waals surface area (Å²) in [6.45, 7) is 2.29. The molecule has 0 bridgehead atoms. The molecule has 0 spiro atoms. The van der Waals surface area contributed by atoms with Crippen LogP contribution in [-0.4, -0.2) is 11.0 Å². The number of allylic oxidation sites excluding steroid dienone is 2. The zero-order valence-electron chi connectivity index (χ0n) is 13.1. The molecule has 1 aromatic carbocycles. The van der Waals surface area contributed by atoms with Gasteiger partial charge in [0.2, 0.25) is 0 Å². The van der Waals surface area contributed by atoms with Gasteiger partial charge < -0.3 is 10.1 Å². The first kappa shape index (κ1) is 15.7. The highest BCUT2D eigenvalue weighted by molar-refractivity contribution is 7.13. The minimum atomic E-state index is -0.150. The number of nitrogens with one attached hydrogen (secondary N) is 1. The van der Waals surface area contributed by atoms with Gasteiger partial charge in [-0.15, -0.1) is 11.3 Å². The lowest BCUT2D eigenvalue weighted by Gasteiger charge is -2.07. The molecule has 1 atom stereocenters. The van der Waals surface area contributed by atoms with Crippen molar-refractivity contribution in [1.29, 1.82) is 0 Å². The van der Waals surface area contributed by atoms with Crippen LogP contribution < -0.4 is 5.32 Å². The van der Waals surface area contributed by atoms with Crippen LogP contribution >= 0.6 is 11.3 Å². The number of anilines is 2. The monoisotopic (exact) mass is 328 g/mol. The number of nitrogens with zero attached hydrogens (tertiary/aromatic N) is 1. The van der Waals surface area contributed by atoms with Gasteiger partial charge in [0.15, 0.2) is 5.13 Å². The summed E-state index contributed by atoms with van der Waals surface area (Å²) in [5.41, 5.74) is 3.00. The maximum atomic E-state index is 11.8. The molecule has 0 aliphatic heterocycles. The number of hydrogen-bond donors (Lipinski definition) is 1. The summed E-state index contributed by atoms with van der Waals surface area (Å²) in [4.78, 5) is 16.3. The van der Waals surface area contributed by atoms with E-state index in [4.69, 9.17) is 4.74 Å². The van der Waals surface area contributed by atoms with Crippen molar-refractivity contribution in [3.05, 3.63) is 53.1 Å². The Labute approximate surface area is 140 Å². The average Bonchev–Trinajstić information content (AvgIpc) is 3.19. The van der Waals surface area contributed by atoms with Gasteiger partial charge in [0.1, 0.15) is 6.61 Å². The van der Waals surface area contributed by atoms with Gasteiger partial charge >= 0.3 is 5.97 Å².